The molecule has 0 radical (unpaired) electrons. The predicted octanol–water partition coefficient (Wildman–Crippen LogP) is 2.48. The van der Waals surface area contributed by atoms with Crippen molar-refractivity contribution in [1.82, 2.24) is 10.2 Å². The third kappa shape index (κ3) is 3.21. The molecular formula is C17H25N3O. The number of benzene rings is 1. The average molecular weight is 287 g/mol. The summed E-state index contributed by atoms with van der Waals surface area (Å²) in [5.41, 5.74) is 1.86. The molecule has 114 valence electrons. The first-order valence-corrected chi connectivity index (χ1v) is 8.17. The van der Waals surface area contributed by atoms with Crippen molar-refractivity contribution in [2.75, 3.05) is 25.0 Å². The number of nitrogens with zero attached hydrogens (tertiary/aromatic N) is 1. The fourth-order valence-corrected chi connectivity index (χ4v) is 3.61. The molecule has 0 saturated carbocycles. The zero-order valence-corrected chi connectivity index (χ0v) is 12.8. The maximum Gasteiger partial charge on any atom is 0.251 e. The Morgan fingerprint density at radius 1 is 1.19 bits per heavy atom. The van der Waals surface area contributed by atoms with E-state index < -0.39 is 0 Å². The van der Waals surface area contributed by atoms with Gasteiger partial charge in [-0.05, 0) is 57.0 Å². The van der Waals surface area contributed by atoms with Gasteiger partial charge >= 0.3 is 0 Å². The van der Waals surface area contributed by atoms with E-state index in [0.29, 0.717) is 18.6 Å². The van der Waals surface area contributed by atoms with Crippen molar-refractivity contribution in [3.8, 4) is 0 Å². The van der Waals surface area contributed by atoms with Gasteiger partial charge in [0.25, 0.3) is 5.91 Å². The number of anilines is 1. The summed E-state index contributed by atoms with van der Waals surface area (Å²) in [6.45, 7) is 5.08. The Balaban J connectivity index is 1.61. The summed E-state index contributed by atoms with van der Waals surface area (Å²) >= 11 is 0. The molecule has 2 heterocycles. The number of hydrogen-bond donors (Lipinski definition) is 2. The van der Waals surface area contributed by atoms with E-state index in [1.165, 1.54) is 38.8 Å². The molecule has 1 amide bonds. The highest BCUT2D eigenvalue weighted by Gasteiger charge is 2.35. The van der Waals surface area contributed by atoms with Crippen molar-refractivity contribution in [2.24, 2.45) is 0 Å². The molecular weight excluding hydrogens is 262 g/mol. The van der Waals surface area contributed by atoms with Crippen molar-refractivity contribution in [3.63, 3.8) is 0 Å². The Kier molecular flexibility index (Phi) is 4.44. The number of piperidine rings is 1. The minimum absolute atomic E-state index is 0.00312. The van der Waals surface area contributed by atoms with Gasteiger partial charge in [0.15, 0.2) is 0 Å². The zero-order chi connectivity index (χ0) is 14.7. The van der Waals surface area contributed by atoms with E-state index in [2.05, 4.69) is 15.5 Å². The van der Waals surface area contributed by atoms with Gasteiger partial charge in [-0.15, -0.1) is 0 Å². The maximum absolute atomic E-state index is 11.8. The molecule has 0 spiro atoms. The molecule has 4 heteroatoms. The molecule has 2 N–H and O–H groups in total. The van der Waals surface area contributed by atoms with E-state index in [0.717, 1.165) is 11.3 Å². The molecule has 2 fully saturated rings. The summed E-state index contributed by atoms with van der Waals surface area (Å²) in [7, 11) is 0. The van der Waals surface area contributed by atoms with Gasteiger partial charge in [-0.3, -0.25) is 9.69 Å². The van der Waals surface area contributed by atoms with Crippen LogP contribution in [-0.2, 0) is 0 Å². The quantitative estimate of drug-likeness (QED) is 0.894. The van der Waals surface area contributed by atoms with Crippen molar-refractivity contribution in [1.29, 1.82) is 0 Å². The van der Waals surface area contributed by atoms with E-state index in [9.17, 15) is 4.79 Å². The summed E-state index contributed by atoms with van der Waals surface area (Å²) in [6, 6.07) is 9.11. The van der Waals surface area contributed by atoms with Crippen LogP contribution >= 0.6 is 0 Å². The Hall–Kier alpha value is -1.55. The van der Waals surface area contributed by atoms with Crippen LogP contribution in [0.5, 0.6) is 0 Å². The van der Waals surface area contributed by atoms with Gasteiger partial charge in [0, 0.05) is 36.4 Å². The van der Waals surface area contributed by atoms with E-state index in [-0.39, 0.29) is 5.91 Å². The van der Waals surface area contributed by atoms with Crippen molar-refractivity contribution < 1.29 is 4.79 Å². The molecule has 2 aliphatic heterocycles. The molecule has 2 atom stereocenters. The van der Waals surface area contributed by atoms with Crippen LogP contribution in [0.3, 0.4) is 0 Å². The predicted molar refractivity (Wildman–Crippen MR) is 85.7 cm³/mol. The number of hydrogen-bond acceptors (Lipinski definition) is 3. The lowest BCUT2D eigenvalue weighted by molar-refractivity contribution is 0.0956. The van der Waals surface area contributed by atoms with Crippen LogP contribution in [0.1, 0.15) is 43.0 Å². The van der Waals surface area contributed by atoms with E-state index >= 15 is 0 Å². The topological polar surface area (TPSA) is 44.4 Å². The van der Waals surface area contributed by atoms with Gasteiger partial charge in [0.1, 0.15) is 0 Å². The first-order chi connectivity index (χ1) is 10.3. The van der Waals surface area contributed by atoms with Crippen molar-refractivity contribution >= 4 is 11.6 Å². The van der Waals surface area contributed by atoms with Crippen LogP contribution in [0.25, 0.3) is 0 Å². The van der Waals surface area contributed by atoms with E-state index in [1.807, 2.05) is 31.2 Å². The third-order valence-electron chi connectivity index (χ3n) is 4.69. The minimum atomic E-state index is 0.00312. The van der Waals surface area contributed by atoms with Crippen LogP contribution < -0.4 is 10.6 Å². The number of carbonyl (C=O) groups excluding carboxylic acids is 1. The van der Waals surface area contributed by atoms with Gasteiger partial charge in [-0.2, -0.15) is 0 Å². The molecule has 21 heavy (non-hydrogen) atoms. The fraction of sp³-hybridized carbons (Fsp3) is 0.588. The lowest BCUT2D eigenvalue weighted by Gasteiger charge is -2.33. The molecule has 2 aliphatic rings. The second kappa shape index (κ2) is 6.48. The summed E-state index contributed by atoms with van der Waals surface area (Å²) in [5.74, 6) is 0.00312. The lowest BCUT2D eigenvalue weighted by atomic mass is 9.99. The average Bonchev–Trinajstić information content (AvgIpc) is 2.92. The largest absolute Gasteiger partial charge is 0.381 e. The third-order valence-corrected chi connectivity index (χ3v) is 4.69. The highest BCUT2D eigenvalue weighted by Crippen LogP contribution is 2.29. The van der Waals surface area contributed by atoms with Crippen LogP contribution in [0.2, 0.25) is 0 Å². The van der Waals surface area contributed by atoms with Gasteiger partial charge in [0.2, 0.25) is 0 Å². The summed E-state index contributed by atoms with van der Waals surface area (Å²) in [5, 5.41) is 6.49. The SMILES string of the molecule is CCNC(=O)c1ccc(NC2CCN3CCCCC23)cc1. The molecule has 1 aromatic carbocycles. The summed E-state index contributed by atoms with van der Waals surface area (Å²) in [4.78, 5) is 14.4. The van der Waals surface area contributed by atoms with Gasteiger partial charge in [-0.25, -0.2) is 0 Å². The molecule has 0 aromatic heterocycles. The second-order valence-electron chi connectivity index (χ2n) is 6.08. The van der Waals surface area contributed by atoms with Gasteiger partial charge in [-0.1, -0.05) is 6.42 Å². The molecule has 2 unspecified atom stereocenters. The molecule has 0 aliphatic carbocycles. The summed E-state index contributed by atoms with van der Waals surface area (Å²) in [6.07, 6.45) is 5.25. The normalized spacial score (nSPS) is 25.4. The van der Waals surface area contributed by atoms with Crippen molar-refractivity contribution in [3.05, 3.63) is 29.8 Å². The molecule has 3 rings (SSSR count). The zero-order valence-electron chi connectivity index (χ0n) is 12.8. The Morgan fingerprint density at radius 3 is 2.76 bits per heavy atom. The smallest absolute Gasteiger partial charge is 0.251 e. The molecule has 0 bridgehead atoms. The maximum atomic E-state index is 11.8. The van der Waals surface area contributed by atoms with Gasteiger partial charge < -0.3 is 10.6 Å². The Labute approximate surface area is 126 Å². The number of rotatable bonds is 4. The molecule has 2 saturated heterocycles. The minimum Gasteiger partial charge on any atom is -0.381 e. The van der Waals surface area contributed by atoms with Crippen LogP contribution in [0, 0.1) is 0 Å². The van der Waals surface area contributed by atoms with Crippen LogP contribution in [-0.4, -0.2) is 42.5 Å². The monoisotopic (exact) mass is 287 g/mol. The number of carbonyl (C=O) groups is 1. The second-order valence-corrected chi connectivity index (χ2v) is 6.08. The van der Waals surface area contributed by atoms with Gasteiger partial charge in [0.05, 0.1) is 0 Å². The number of nitrogens with one attached hydrogen (secondary N) is 2. The Bertz CT molecular complexity index is 485. The molecule has 4 nitrogen and oxygen atoms in total. The highest BCUT2D eigenvalue weighted by atomic mass is 16.1. The van der Waals surface area contributed by atoms with E-state index in [4.69, 9.17) is 0 Å². The molecule has 1 aromatic rings. The number of fused-ring (bicyclic) bond motifs is 1. The van der Waals surface area contributed by atoms with Crippen LogP contribution in [0.4, 0.5) is 5.69 Å². The number of amides is 1. The summed E-state index contributed by atoms with van der Waals surface area (Å²) < 4.78 is 0. The lowest BCUT2D eigenvalue weighted by Crippen LogP contribution is -2.41. The Morgan fingerprint density at radius 2 is 2.00 bits per heavy atom. The van der Waals surface area contributed by atoms with Crippen LogP contribution in [0.15, 0.2) is 24.3 Å². The highest BCUT2D eigenvalue weighted by molar-refractivity contribution is 5.94. The first-order valence-electron chi connectivity index (χ1n) is 8.17. The van der Waals surface area contributed by atoms with E-state index in [1.54, 1.807) is 0 Å². The fourth-order valence-electron chi connectivity index (χ4n) is 3.61. The standard InChI is InChI=1S/C17H25N3O/c1-2-18-17(21)13-6-8-14(9-7-13)19-15-10-12-20-11-4-3-5-16(15)20/h6-9,15-16,19H,2-5,10-12H2,1H3,(H,18,21). The first kappa shape index (κ1) is 14.4. The van der Waals surface area contributed by atoms with Crippen molar-refractivity contribution in [2.45, 2.75) is 44.7 Å².